The predicted molar refractivity (Wildman–Crippen MR) is 72.3 cm³/mol. The smallest absolute Gasteiger partial charge is 0.131 e. The van der Waals surface area contributed by atoms with Gasteiger partial charge in [0.2, 0.25) is 0 Å². The molecule has 2 rings (SSSR count). The first-order chi connectivity index (χ1) is 8.27. The van der Waals surface area contributed by atoms with E-state index < -0.39 is 0 Å². The number of nitrogens with zero attached hydrogens (tertiary/aromatic N) is 2. The molecule has 0 bridgehead atoms. The summed E-state index contributed by atoms with van der Waals surface area (Å²) in [7, 11) is 0. The molecule has 0 aromatic carbocycles. The topological polar surface area (TPSA) is 42.1 Å². The molecule has 1 aliphatic heterocycles. The lowest BCUT2D eigenvalue weighted by atomic mass is 10.1. The number of pyridine rings is 1. The Labute approximate surface area is 104 Å². The fourth-order valence-electron chi connectivity index (χ4n) is 2.40. The van der Waals surface area contributed by atoms with Crippen molar-refractivity contribution in [1.82, 2.24) is 4.98 Å². The van der Waals surface area contributed by atoms with Crippen LogP contribution in [0.1, 0.15) is 38.2 Å². The van der Waals surface area contributed by atoms with Crippen LogP contribution in [0.3, 0.4) is 0 Å². The maximum absolute atomic E-state index is 5.83. The van der Waals surface area contributed by atoms with Gasteiger partial charge in [-0.25, -0.2) is 4.98 Å². The van der Waals surface area contributed by atoms with Crippen LogP contribution in [0.15, 0.2) is 18.3 Å². The van der Waals surface area contributed by atoms with Gasteiger partial charge in [0.1, 0.15) is 5.82 Å². The zero-order chi connectivity index (χ0) is 12.1. The number of aromatic nitrogens is 1. The Hall–Kier alpha value is -1.09. The summed E-state index contributed by atoms with van der Waals surface area (Å²) < 4.78 is 0. The first-order valence-corrected chi connectivity index (χ1v) is 6.72. The first-order valence-electron chi connectivity index (χ1n) is 6.72. The SMILES string of the molecule is CC(N)CCc1cccnc1N1CCCCC1. The summed E-state index contributed by atoms with van der Waals surface area (Å²) >= 11 is 0. The van der Waals surface area contributed by atoms with E-state index in [1.165, 1.54) is 30.6 Å². The molecule has 3 nitrogen and oxygen atoms in total. The molecular weight excluding hydrogens is 210 g/mol. The fraction of sp³-hybridized carbons (Fsp3) is 0.643. The number of piperidine rings is 1. The average molecular weight is 233 g/mol. The van der Waals surface area contributed by atoms with Crippen LogP contribution in [0.5, 0.6) is 0 Å². The normalized spacial score (nSPS) is 18.1. The summed E-state index contributed by atoms with van der Waals surface area (Å²) in [5.74, 6) is 1.19. The van der Waals surface area contributed by atoms with E-state index in [-0.39, 0.29) is 6.04 Å². The number of rotatable bonds is 4. The Kier molecular flexibility index (Phi) is 4.37. The highest BCUT2D eigenvalue weighted by Crippen LogP contribution is 2.22. The average Bonchev–Trinajstić information content (AvgIpc) is 2.38. The van der Waals surface area contributed by atoms with Crippen molar-refractivity contribution < 1.29 is 0 Å². The molecule has 1 aromatic heterocycles. The Morgan fingerprint density at radius 2 is 2.12 bits per heavy atom. The largest absolute Gasteiger partial charge is 0.356 e. The van der Waals surface area contributed by atoms with Crippen LogP contribution in [0.4, 0.5) is 5.82 Å². The van der Waals surface area contributed by atoms with Gasteiger partial charge in [0.05, 0.1) is 0 Å². The molecule has 1 unspecified atom stereocenters. The standard InChI is InChI=1S/C14H23N3/c1-12(15)7-8-13-6-5-9-16-14(13)17-10-3-2-4-11-17/h5-6,9,12H,2-4,7-8,10-11,15H2,1H3. The summed E-state index contributed by atoms with van der Waals surface area (Å²) in [6, 6.07) is 4.49. The lowest BCUT2D eigenvalue weighted by Gasteiger charge is -2.29. The van der Waals surface area contributed by atoms with Crippen LogP contribution in [-0.2, 0) is 6.42 Å². The highest BCUT2D eigenvalue weighted by Gasteiger charge is 2.15. The second-order valence-corrected chi connectivity index (χ2v) is 5.05. The first kappa shape index (κ1) is 12.4. The van der Waals surface area contributed by atoms with Crippen LogP contribution in [0.25, 0.3) is 0 Å². The predicted octanol–water partition coefficient (Wildman–Crippen LogP) is 2.35. The number of hydrogen-bond acceptors (Lipinski definition) is 3. The van der Waals surface area contributed by atoms with Gasteiger partial charge in [-0.2, -0.15) is 0 Å². The summed E-state index contributed by atoms with van der Waals surface area (Å²) in [4.78, 5) is 7.00. The van der Waals surface area contributed by atoms with Gasteiger partial charge in [-0.3, -0.25) is 0 Å². The van der Waals surface area contributed by atoms with E-state index in [0.29, 0.717) is 0 Å². The molecule has 0 radical (unpaired) electrons. The molecule has 1 atom stereocenters. The third kappa shape index (κ3) is 3.43. The van der Waals surface area contributed by atoms with Crippen LogP contribution >= 0.6 is 0 Å². The molecule has 0 saturated carbocycles. The third-order valence-corrected chi connectivity index (χ3v) is 3.39. The Morgan fingerprint density at radius 1 is 1.35 bits per heavy atom. The molecule has 2 N–H and O–H groups in total. The van der Waals surface area contributed by atoms with Gasteiger partial charge in [0, 0.05) is 25.3 Å². The number of nitrogens with two attached hydrogens (primary N) is 1. The van der Waals surface area contributed by atoms with Crippen molar-refractivity contribution in [1.29, 1.82) is 0 Å². The van der Waals surface area contributed by atoms with Gasteiger partial charge in [-0.15, -0.1) is 0 Å². The molecule has 0 aliphatic carbocycles. The Balaban J connectivity index is 2.09. The number of aryl methyl sites for hydroxylation is 1. The fourth-order valence-corrected chi connectivity index (χ4v) is 2.40. The minimum atomic E-state index is 0.268. The number of anilines is 1. The van der Waals surface area contributed by atoms with E-state index in [9.17, 15) is 0 Å². The van der Waals surface area contributed by atoms with E-state index in [2.05, 4.69) is 22.9 Å². The highest BCUT2D eigenvalue weighted by molar-refractivity contribution is 5.47. The van der Waals surface area contributed by atoms with Gasteiger partial charge in [-0.05, 0) is 50.7 Å². The molecule has 1 aromatic rings. The summed E-state index contributed by atoms with van der Waals surface area (Å²) in [6.07, 6.45) is 7.92. The van der Waals surface area contributed by atoms with Crippen LogP contribution in [0.2, 0.25) is 0 Å². The van der Waals surface area contributed by atoms with Crippen molar-refractivity contribution in [2.75, 3.05) is 18.0 Å². The van der Waals surface area contributed by atoms with E-state index >= 15 is 0 Å². The summed E-state index contributed by atoms with van der Waals surface area (Å²) in [5.41, 5.74) is 7.19. The van der Waals surface area contributed by atoms with E-state index in [0.717, 1.165) is 25.9 Å². The molecule has 1 fully saturated rings. The Bertz CT molecular complexity index is 343. The van der Waals surface area contributed by atoms with Gasteiger partial charge < -0.3 is 10.6 Å². The summed E-state index contributed by atoms with van der Waals surface area (Å²) in [6.45, 7) is 4.38. The molecule has 94 valence electrons. The monoisotopic (exact) mass is 233 g/mol. The van der Waals surface area contributed by atoms with Crippen molar-refractivity contribution in [2.24, 2.45) is 5.73 Å². The van der Waals surface area contributed by atoms with E-state index in [1.54, 1.807) is 0 Å². The minimum Gasteiger partial charge on any atom is -0.356 e. The van der Waals surface area contributed by atoms with Gasteiger partial charge in [0.25, 0.3) is 0 Å². The zero-order valence-electron chi connectivity index (χ0n) is 10.7. The van der Waals surface area contributed by atoms with Crippen molar-refractivity contribution in [3.8, 4) is 0 Å². The molecule has 17 heavy (non-hydrogen) atoms. The molecule has 1 aliphatic rings. The van der Waals surface area contributed by atoms with Crippen LogP contribution in [0, 0.1) is 0 Å². The molecule has 3 heteroatoms. The van der Waals surface area contributed by atoms with Crippen LogP contribution < -0.4 is 10.6 Å². The molecule has 2 heterocycles. The quantitative estimate of drug-likeness (QED) is 0.868. The maximum atomic E-state index is 5.83. The number of hydrogen-bond donors (Lipinski definition) is 1. The van der Waals surface area contributed by atoms with E-state index in [4.69, 9.17) is 5.73 Å². The molecule has 0 spiro atoms. The Morgan fingerprint density at radius 3 is 2.82 bits per heavy atom. The second kappa shape index (κ2) is 6.01. The van der Waals surface area contributed by atoms with Gasteiger partial charge in [-0.1, -0.05) is 6.07 Å². The summed E-state index contributed by atoms with van der Waals surface area (Å²) in [5, 5.41) is 0. The maximum Gasteiger partial charge on any atom is 0.131 e. The lowest BCUT2D eigenvalue weighted by molar-refractivity contribution is 0.570. The third-order valence-electron chi connectivity index (χ3n) is 3.39. The molecule has 1 saturated heterocycles. The molecular formula is C14H23N3. The van der Waals surface area contributed by atoms with Crippen molar-refractivity contribution in [3.63, 3.8) is 0 Å². The van der Waals surface area contributed by atoms with Crippen molar-refractivity contribution in [2.45, 2.75) is 45.1 Å². The van der Waals surface area contributed by atoms with Gasteiger partial charge >= 0.3 is 0 Å². The van der Waals surface area contributed by atoms with Crippen LogP contribution in [-0.4, -0.2) is 24.1 Å². The van der Waals surface area contributed by atoms with Crippen molar-refractivity contribution >= 4 is 5.82 Å². The van der Waals surface area contributed by atoms with E-state index in [1.807, 2.05) is 12.3 Å². The highest BCUT2D eigenvalue weighted by atomic mass is 15.2. The molecule has 0 amide bonds. The lowest BCUT2D eigenvalue weighted by Crippen LogP contribution is -2.31. The van der Waals surface area contributed by atoms with Crippen molar-refractivity contribution in [3.05, 3.63) is 23.9 Å². The zero-order valence-corrected chi connectivity index (χ0v) is 10.7. The second-order valence-electron chi connectivity index (χ2n) is 5.05. The van der Waals surface area contributed by atoms with Gasteiger partial charge in [0.15, 0.2) is 0 Å². The minimum absolute atomic E-state index is 0.268.